The largest absolute Gasteiger partial charge is 0.482 e. The number of halogens is 2. The lowest BCUT2D eigenvalue weighted by atomic mass is 10.2. The summed E-state index contributed by atoms with van der Waals surface area (Å²) in [7, 11) is 0. The summed E-state index contributed by atoms with van der Waals surface area (Å²) in [5.74, 6) is 0.00983. The van der Waals surface area contributed by atoms with E-state index < -0.39 is 4.92 Å². The van der Waals surface area contributed by atoms with E-state index in [0.717, 1.165) is 0 Å². The molecular formula is C14H9Cl2NO4. The molecule has 0 N–H and O–H groups in total. The summed E-state index contributed by atoms with van der Waals surface area (Å²) in [5.41, 5.74) is 0.704. The van der Waals surface area contributed by atoms with Crippen LogP contribution in [0.3, 0.4) is 0 Å². The van der Waals surface area contributed by atoms with Gasteiger partial charge in [-0.25, -0.2) is 0 Å². The molecule has 2 aromatic rings. The average Bonchev–Trinajstić information content (AvgIpc) is 2.45. The number of carbonyl (C=O) groups excluding carboxylic acids is 1. The zero-order chi connectivity index (χ0) is 15.4. The number of carbonyl (C=O) groups is 1. The van der Waals surface area contributed by atoms with Gasteiger partial charge in [-0.3, -0.25) is 14.9 Å². The fourth-order valence-corrected chi connectivity index (χ4v) is 2.13. The van der Waals surface area contributed by atoms with Gasteiger partial charge in [-0.1, -0.05) is 29.3 Å². The molecule has 0 saturated heterocycles. The fourth-order valence-electron chi connectivity index (χ4n) is 1.66. The van der Waals surface area contributed by atoms with E-state index in [1.807, 2.05) is 0 Å². The van der Waals surface area contributed by atoms with Crippen molar-refractivity contribution < 1.29 is 14.5 Å². The average molecular weight is 326 g/mol. The van der Waals surface area contributed by atoms with Gasteiger partial charge >= 0.3 is 5.69 Å². The number of benzene rings is 2. The SMILES string of the molecule is O=Cc1ccc([N+](=O)[O-])c(OCc2ccc(Cl)cc2Cl)c1. The minimum atomic E-state index is -0.576. The highest BCUT2D eigenvalue weighted by atomic mass is 35.5. The number of hydrogen-bond acceptors (Lipinski definition) is 4. The number of hydrogen-bond donors (Lipinski definition) is 0. The second-order valence-electron chi connectivity index (χ2n) is 4.13. The smallest absolute Gasteiger partial charge is 0.310 e. The van der Waals surface area contributed by atoms with Gasteiger partial charge in [0.05, 0.1) is 4.92 Å². The molecule has 21 heavy (non-hydrogen) atoms. The molecule has 5 nitrogen and oxygen atoms in total. The van der Waals surface area contributed by atoms with Crippen LogP contribution in [0.2, 0.25) is 10.0 Å². The van der Waals surface area contributed by atoms with Crippen molar-refractivity contribution in [3.05, 3.63) is 67.7 Å². The molecule has 0 spiro atoms. The molecule has 2 rings (SSSR count). The van der Waals surface area contributed by atoms with E-state index in [1.165, 1.54) is 18.2 Å². The number of rotatable bonds is 5. The first-order valence-electron chi connectivity index (χ1n) is 5.81. The van der Waals surface area contributed by atoms with E-state index in [0.29, 0.717) is 21.9 Å². The number of nitrogens with zero attached hydrogens (tertiary/aromatic N) is 1. The van der Waals surface area contributed by atoms with Crippen molar-refractivity contribution in [1.29, 1.82) is 0 Å². The topological polar surface area (TPSA) is 69.4 Å². The first-order valence-corrected chi connectivity index (χ1v) is 6.57. The van der Waals surface area contributed by atoms with Crippen LogP contribution in [0.15, 0.2) is 36.4 Å². The Balaban J connectivity index is 2.26. The van der Waals surface area contributed by atoms with E-state index in [9.17, 15) is 14.9 Å². The zero-order valence-corrected chi connectivity index (χ0v) is 12.1. The van der Waals surface area contributed by atoms with Crippen LogP contribution in [0, 0.1) is 10.1 Å². The predicted molar refractivity (Wildman–Crippen MR) is 79.3 cm³/mol. The molecule has 0 heterocycles. The molecule has 0 aliphatic carbocycles. The van der Waals surface area contributed by atoms with Crippen LogP contribution in [0.4, 0.5) is 5.69 Å². The van der Waals surface area contributed by atoms with Gasteiger partial charge in [0.15, 0.2) is 5.75 Å². The minimum absolute atomic E-state index is 0.00983. The van der Waals surface area contributed by atoms with Gasteiger partial charge < -0.3 is 4.74 Å². The van der Waals surface area contributed by atoms with E-state index in [4.69, 9.17) is 27.9 Å². The maximum absolute atomic E-state index is 10.9. The van der Waals surface area contributed by atoms with Crippen molar-refractivity contribution in [3.8, 4) is 5.75 Å². The Kier molecular flexibility index (Phi) is 4.77. The predicted octanol–water partition coefficient (Wildman–Crippen LogP) is 4.29. The number of aldehydes is 1. The molecule has 0 unspecified atom stereocenters. The molecule has 0 aliphatic rings. The molecule has 0 atom stereocenters. The van der Waals surface area contributed by atoms with Gasteiger partial charge in [-0.15, -0.1) is 0 Å². The van der Waals surface area contributed by atoms with Crippen LogP contribution in [0.25, 0.3) is 0 Å². The lowest BCUT2D eigenvalue weighted by Gasteiger charge is -2.09. The molecule has 0 fully saturated rings. The summed E-state index contributed by atoms with van der Waals surface area (Å²) in [6, 6.07) is 8.76. The normalized spacial score (nSPS) is 10.2. The minimum Gasteiger partial charge on any atom is -0.482 e. The van der Waals surface area contributed by atoms with Gasteiger partial charge in [0.1, 0.15) is 12.9 Å². The summed E-state index contributed by atoms with van der Waals surface area (Å²) >= 11 is 11.8. The molecule has 0 aromatic heterocycles. The van der Waals surface area contributed by atoms with Crippen molar-refractivity contribution in [2.75, 3.05) is 0 Å². The molecular weight excluding hydrogens is 317 g/mol. The number of ether oxygens (including phenoxy) is 1. The van der Waals surface area contributed by atoms with E-state index >= 15 is 0 Å². The van der Waals surface area contributed by atoms with E-state index in [2.05, 4.69) is 0 Å². The third-order valence-corrected chi connectivity index (χ3v) is 3.30. The van der Waals surface area contributed by atoms with E-state index in [1.54, 1.807) is 18.2 Å². The van der Waals surface area contributed by atoms with Gasteiger partial charge in [0, 0.05) is 27.2 Å². The van der Waals surface area contributed by atoms with Crippen molar-refractivity contribution in [1.82, 2.24) is 0 Å². The molecule has 0 amide bonds. The summed E-state index contributed by atoms with van der Waals surface area (Å²) < 4.78 is 5.42. The Morgan fingerprint density at radius 1 is 1.19 bits per heavy atom. The molecule has 2 aromatic carbocycles. The number of nitro groups is 1. The summed E-state index contributed by atoms with van der Waals surface area (Å²) in [6.07, 6.45) is 0.589. The first kappa shape index (κ1) is 15.3. The van der Waals surface area contributed by atoms with Gasteiger partial charge in [-0.05, 0) is 24.3 Å². The zero-order valence-electron chi connectivity index (χ0n) is 10.6. The van der Waals surface area contributed by atoms with Crippen molar-refractivity contribution in [3.63, 3.8) is 0 Å². The fraction of sp³-hybridized carbons (Fsp3) is 0.0714. The summed E-state index contributed by atoms with van der Waals surface area (Å²) in [6.45, 7) is 0.0269. The Hall–Kier alpha value is -2.11. The lowest BCUT2D eigenvalue weighted by Crippen LogP contribution is -2.00. The quantitative estimate of drug-likeness (QED) is 0.467. The van der Waals surface area contributed by atoms with Crippen LogP contribution in [-0.4, -0.2) is 11.2 Å². The molecule has 0 bridgehead atoms. The van der Waals surface area contributed by atoms with Crippen LogP contribution < -0.4 is 4.74 Å². The maximum atomic E-state index is 10.9. The third kappa shape index (κ3) is 3.71. The molecule has 0 radical (unpaired) electrons. The van der Waals surface area contributed by atoms with Crippen LogP contribution in [0.1, 0.15) is 15.9 Å². The summed E-state index contributed by atoms with van der Waals surface area (Å²) in [4.78, 5) is 21.1. The maximum Gasteiger partial charge on any atom is 0.310 e. The molecule has 108 valence electrons. The highest BCUT2D eigenvalue weighted by Gasteiger charge is 2.16. The van der Waals surface area contributed by atoms with E-state index in [-0.39, 0.29) is 23.6 Å². The first-order chi connectivity index (χ1) is 10.0. The number of nitro benzene ring substituents is 1. The van der Waals surface area contributed by atoms with Crippen LogP contribution in [-0.2, 0) is 6.61 Å². The Labute approximate surface area is 130 Å². The van der Waals surface area contributed by atoms with Crippen LogP contribution >= 0.6 is 23.2 Å². The molecule has 7 heteroatoms. The van der Waals surface area contributed by atoms with Crippen molar-refractivity contribution in [2.45, 2.75) is 6.61 Å². The highest BCUT2D eigenvalue weighted by Crippen LogP contribution is 2.29. The van der Waals surface area contributed by atoms with Gasteiger partial charge in [0.25, 0.3) is 0 Å². The van der Waals surface area contributed by atoms with Gasteiger partial charge in [-0.2, -0.15) is 0 Å². The Morgan fingerprint density at radius 3 is 2.57 bits per heavy atom. The Morgan fingerprint density at radius 2 is 1.95 bits per heavy atom. The summed E-state index contributed by atoms with van der Waals surface area (Å²) in [5, 5.41) is 11.8. The Bertz CT molecular complexity index is 703. The van der Waals surface area contributed by atoms with Gasteiger partial charge in [0.2, 0.25) is 0 Å². The molecule has 0 aliphatic heterocycles. The lowest BCUT2D eigenvalue weighted by molar-refractivity contribution is -0.385. The molecule has 0 saturated carbocycles. The second kappa shape index (κ2) is 6.56. The van der Waals surface area contributed by atoms with Crippen LogP contribution in [0.5, 0.6) is 5.75 Å². The van der Waals surface area contributed by atoms with Crippen molar-refractivity contribution >= 4 is 35.2 Å². The third-order valence-electron chi connectivity index (χ3n) is 2.71. The monoisotopic (exact) mass is 325 g/mol. The second-order valence-corrected chi connectivity index (χ2v) is 4.97. The standard InChI is InChI=1S/C14H9Cl2NO4/c15-11-3-2-10(12(16)6-11)8-21-14-5-9(7-18)1-4-13(14)17(19)20/h1-7H,8H2. The highest BCUT2D eigenvalue weighted by molar-refractivity contribution is 6.35. The van der Waals surface area contributed by atoms with Crippen molar-refractivity contribution in [2.24, 2.45) is 0 Å².